The Morgan fingerprint density at radius 3 is 2.67 bits per heavy atom. The third kappa shape index (κ3) is 5.09. The smallest absolute Gasteiger partial charge is 0.310 e. The van der Waals surface area contributed by atoms with E-state index in [0.717, 1.165) is 19.5 Å². The fraction of sp³-hybridized carbons (Fsp3) is 0.700. The van der Waals surface area contributed by atoms with Crippen LogP contribution in [0.15, 0.2) is 11.4 Å². The second-order valence-corrected chi connectivity index (χ2v) is 8.80. The van der Waals surface area contributed by atoms with E-state index < -0.39 is 6.10 Å². The number of carbonyl (C=O) groups is 2. The van der Waals surface area contributed by atoms with Gasteiger partial charge in [-0.05, 0) is 29.3 Å². The van der Waals surface area contributed by atoms with E-state index >= 15 is 0 Å². The zero-order valence-electron chi connectivity index (χ0n) is 16.5. The summed E-state index contributed by atoms with van der Waals surface area (Å²) >= 11 is 1.75. The number of esters is 1. The van der Waals surface area contributed by atoms with Crippen LogP contribution in [0.5, 0.6) is 0 Å². The van der Waals surface area contributed by atoms with Gasteiger partial charge >= 0.3 is 5.97 Å². The summed E-state index contributed by atoms with van der Waals surface area (Å²) in [6.07, 6.45) is 0.162. The normalized spacial score (nSPS) is 20.2. The van der Waals surface area contributed by atoms with Crippen molar-refractivity contribution in [1.82, 2.24) is 9.80 Å². The highest BCUT2D eigenvalue weighted by molar-refractivity contribution is 7.10. The standard InChI is InChI=1S/C20H30N2O4S/c1-14(2)18(19(23)22-6-4-17-16(13-22)5-11-27-17)26-20(24)15(3)12-21-7-9-25-10-8-21/h5,11,14-15,18H,4,6-10,12-13H2,1-3H3. The van der Waals surface area contributed by atoms with Gasteiger partial charge in [0.2, 0.25) is 0 Å². The van der Waals surface area contributed by atoms with Gasteiger partial charge in [0.25, 0.3) is 5.91 Å². The van der Waals surface area contributed by atoms with Gasteiger partial charge in [-0.15, -0.1) is 11.3 Å². The van der Waals surface area contributed by atoms with Crippen molar-refractivity contribution >= 4 is 23.2 Å². The highest BCUT2D eigenvalue weighted by atomic mass is 32.1. The summed E-state index contributed by atoms with van der Waals surface area (Å²) in [6.45, 7) is 10.8. The van der Waals surface area contributed by atoms with Crippen LogP contribution in [-0.4, -0.2) is 67.2 Å². The molecular formula is C20H30N2O4S. The zero-order chi connectivity index (χ0) is 19.4. The molecule has 7 heteroatoms. The molecular weight excluding hydrogens is 364 g/mol. The molecule has 3 heterocycles. The Labute approximate surface area is 165 Å². The third-order valence-electron chi connectivity index (χ3n) is 5.25. The van der Waals surface area contributed by atoms with Crippen molar-refractivity contribution in [2.45, 2.75) is 39.8 Å². The molecule has 0 radical (unpaired) electrons. The molecule has 2 atom stereocenters. The molecule has 0 aliphatic carbocycles. The second kappa shape index (κ2) is 9.17. The Morgan fingerprint density at radius 2 is 1.96 bits per heavy atom. The maximum Gasteiger partial charge on any atom is 0.310 e. The van der Waals surface area contributed by atoms with E-state index in [4.69, 9.17) is 9.47 Å². The molecule has 27 heavy (non-hydrogen) atoms. The van der Waals surface area contributed by atoms with Crippen molar-refractivity contribution < 1.29 is 19.1 Å². The number of hydrogen-bond donors (Lipinski definition) is 0. The number of rotatable bonds is 6. The number of hydrogen-bond acceptors (Lipinski definition) is 6. The van der Waals surface area contributed by atoms with Crippen molar-refractivity contribution in [1.29, 1.82) is 0 Å². The van der Waals surface area contributed by atoms with E-state index in [1.54, 1.807) is 11.3 Å². The van der Waals surface area contributed by atoms with Gasteiger partial charge in [-0.1, -0.05) is 20.8 Å². The monoisotopic (exact) mass is 394 g/mol. The first-order chi connectivity index (χ1) is 13.0. The maximum absolute atomic E-state index is 13.0. The van der Waals surface area contributed by atoms with Gasteiger partial charge in [-0.25, -0.2) is 0 Å². The minimum Gasteiger partial charge on any atom is -0.452 e. The average molecular weight is 395 g/mol. The van der Waals surface area contributed by atoms with Crippen LogP contribution in [0.1, 0.15) is 31.2 Å². The Morgan fingerprint density at radius 1 is 1.22 bits per heavy atom. The number of ether oxygens (including phenoxy) is 2. The summed E-state index contributed by atoms with van der Waals surface area (Å²) in [6, 6.07) is 2.08. The van der Waals surface area contributed by atoms with Gasteiger partial charge < -0.3 is 14.4 Å². The van der Waals surface area contributed by atoms with E-state index in [-0.39, 0.29) is 23.7 Å². The van der Waals surface area contributed by atoms with Gasteiger partial charge in [0, 0.05) is 37.6 Å². The van der Waals surface area contributed by atoms with Crippen molar-refractivity contribution in [3.63, 3.8) is 0 Å². The first-order valence-corrected chi connectivity index (χ1v) is 10.7. The third-order valence-corrected chi connectivity index (χ3v) is 6.27. The molecule has 6 nitrogen and oxygen atoms in total. The molecule has 1 aromatic heterocycles. The molecule has 0 bridgehead atoms. The fourth-order valence-corrected chi connectivity index (χ4v) is 4.46. The zero-order valence-corrected chi connectivity index (χ0v) is 17.3. The number of nitrogens with zero attached hydrogens (tertiary/aromatic N) is 2. The molecule has 1 amide bonds. The van der Waals surface area contributed by atoms with Crippen LogP contribution in [0.25, 0.3) is 0 Å². The van der Waals surface area contributed by atoms with E-state index in [2.05, 4.69) is 16.3 Å². The molecule has 2 unspecified atom stereocenters. The lowest BCUT2D eigenvalue weighted by Gasteiger charge is -2.33. The van der Waals surface area contributed by atoms with Crippen LogP contribution in [0.3, 0.4) is 0 Å². The molecule has 1 fully saturated rings. The largest absolute Gasteiger partial charge is 0.452 e. The molecule has 2 aliphatic heterocycles. The summed E-state index contributed by atoms with van der Waals surface area (Å²) in [4.78, 5) is 31.1. The lowest BCUT2D eigenvalue weighted by Crippen LogP contribution is -2.47. The number of amides is 1. The summed E-state index contributed by atoms with van der Waals surface area (Å²) in [5.41, 5.74) is 1.22. The number of morpholine rings is 1. The fourth-order valence-electron chi connectivity index (χ4n) is 3.58. The van der Waals surface area contributed by atoms with E-state index in [9.17, 15) is 9.59 Å². The molecule has 2 aliphatic rings. The highest BCUT2D eigenvalue weighted by Crippen LogP contribution is 2.25. The summed E-state index contributed by atoms with van der Waals surface area (Å²) in [7, 11) is 0. The quantitative estimate of drug-likeness (QED) is 0.692. The van der Waals surface area contributed by atoms with Crippen LogP contribution in [-0.2, 0) is 32.0 Å². The average Bonchev–Trinajstić information content (AvgIpc) is 3.13. The first kappa shape index (κ1) is 20.3. The molecule has 1 aromatic rings. The van der Waals surface area contributed by atoms with E-state index in [0.29, 0.717) is 32.8 Å². The lowest BCUT2D eigenvalue weighted by molar-refractivity contribution is -0.167. The predicted octanol–water partition coefficient (Wildman–Crippen LogP) is 2.17. The number of fused-ring (bicyclic) bond motifs is 1. The van der Waals surface area contributed by atoms with E-state index in [1.807, 2.05) is 25.7 Å². The second-order valence-electron chi connectivity index (χ2n) is 7.79. The molecule has 0 saturated carbocycles. The Kier molecular flexibility index (Phi) is 6.89. The molecule has 0 aromatic carbocycles. The predicted molar refractivity (Wildman–Crippen MR) is 105 cm³/mol. The summed E-state index contributed by atoms with van der Waals surface area (Å²) in [5.74, 6) is -0.682. The van der Waals surface area contributed by atoms with Crippen molar-refractivity contribution in [3.8, 4) is 0 Å². The lowest BCUT2D eigenvalue weighted by atomic mass is 10.0. The van der Waals surface area contributed by atoms with Crippen LogP contribution in [0.2, 0.25) is 0 Å². The molecule has 1 saturated heterocycles. The molecule has 3 rings (SSSR count). The Balaban J connectivity index is 1.58. The molecule has 0 spiro atoms. The van der Waals surface area contributed by atoms with Crippen LogP contribution >= 0.6 is 11.3 Å². The van der Waals surface area contributed by atoms with Crippen molar-refractivity contribution in [2.75, 3.05) is 39.4 Å². The number of thiophene rings is 1. The van der Waals surface area contributed by atoms with Gasteiger partial charge in [0.05, 0.1) is 19.1 Å². The van der Waals surface area contributed by atoms with Crippen molar-refractivity contribution in [3.05, 3.63) is 21.9 Å². The molecule has 0 N–H and O–H groups in total. The minimum absolute atomic E-state index is 0.0547. The first-order valence-electron chi connectivity index (χ1n) is 9.80. The van der Waals surface area contributed by atoms with Crippen LogP contribution in [0.4, 0.5) is 0 Å². The SMILES string of the molecule is CC(CN1CCOCC1)C(=O)OC(C(=O)N1CCc2sccc2C1)C(C)C. The van der Waals surface area contributed by atoms with Crippen LogP contribution < -0.4 is 0 Å². The van der Waals surface area contributed by atoms with Gasteiger partial charge in [0.1, 0.15) is 0 Å². The molecule has 150 valence electrons. The summed E-state index contributed by atoms with van der Waals surface area (Å²) in [5, 5.41) is 2.08. The summed E-state index contributed by atoms with van der Waals surface area (Å²) < 4.78 is 11.1. The Bertz CT molecular complexity index is 654. The number of carbonyl (C=O) groups excluding carboxylic acids is 2. The minimum atomic E-state index is -0.718. The van der Waals surface area contributed by atoms with Crippen molar-refractivity contribution in [2.24, 2.45) is 11.8 Å². The topological polar surface area (TPSA) is 59.1 Å². The van der Waals surface area contributed by atoms with E-state index in [1.165, 1.54) is 10.4 Å². The van der Waals surface area contributed by atoms with Crippen LogP contribution in [0, 0.1) is 11.8 Å². The Hall–Kier alpha value is -1.44. The van der Waals surface area contributed by atoms with Gasteiger partial charge in [-0.3, -0.25) is 14.5 Å². The highest BCUT2D eigenvalue weighted by Gasteiger charge is 2.34. The van der Waals surface area contributed by atoms with Gasteiger partial charge in [0.15, 0.2) is 6.10 Å². The van der Waals surface area contributed by atoms with Gasteiger partial charge in [-0.2, -0.15) is 0 Å². The maximum atomic E-state index is 13.0.